The number of para-hydroxylation sites is 1. The Balaban J connectivity index is 1.28. The van der Waals surface area contributed by atoms with Gasteiger partial charge in [-0.25, -0.2) is 9.56 Å². The van der Waals surface area contributed by atoms with E-state index < -0.39 is 0 Å². The standard InChI is InChI=1S/C37H42ClN6O5/c1-26(2)49-34-13-8-27(33(45)23-41-16-14-40(3)15-17-41)22-32(34)44-35(39-31-7-5-4-6-30(31)37(44)47)24-42-18-20-43(21-19-42)36(46)25-48-29-11-9-28(38)10-12-29/h4-13,18,22,26H,14-17,19-21,23-25H2,1-3H3/q+1. The molecule has 3 aromatic carbocycles. The van der Waals surface area contributed by atoms with Gasteiger partial charge >= 0.3 is 0 Å². The van der Waals surface area contributed by atoms with Crippen LogP contribution in [0, 0.1) is 0 Å². The van der Waals surface area contributed by atoms with E-state index in [1.807, 2.05) is 38.3 Å². The van der Waals surface area contributed by atoms with E-state index in [0.717, 1.165) is 26.2 Å². The number of rotatable bonds is 11. The predicted molar refractivity (Wildman–Crippen MR) is 190 cm³/mol. The van der Waals surface area contributed by atoms with Gasteiger partial charge in [0.2, 0.25) is 6.54 Å². The van der Waals surface area contributed by atoms with Gasteiger partial charge in [-0.1, -0.05) is 23.7 Å². The Morgan fingerprint density at radius 1 is 0.980 bits per heavy atom. The average molecular weight is 686 g/mol. The highest BCUT2D eigenvalue weighted by molar-refractivity contribution is 6.30. The van der Waals surface area contributed by atoms with Gasteiger partial charge in [-0.2, -0.15) is 0 Å². The molecule has 0 N–H and O–H groups in total. The van der Waals surface area contributed by atoms with Gasteiger partial charge in [0, 0.05) is 36.8 Å². The van der Waals surface area contributed by atoms with Crippen molar-refractivity contribution in [2.24, 2.45) is 0 Å². The largest absolute Gasteiger partial charge is 0.489 e. The van der Waals surface area contributed by atoms with Crippen LogP contribution in [0.2, 0.25) is 5.02 Å². The number of nitrogens with zero attached hydrogens (tertiary/aromatic N) is 6. The second-order valence-electron chi connectivity index (χ2n) is 12.8. The van der Waals surface area contributed by atoms with Gasteiger partial charge in [-0.05, 0) is 75.5 Å². The molecule has 2 aliphatic heterocycles. The summed E-state index contributed by atoms with van der Waals surface area (Å²) in [5.41, 5.74) is 1.33. The molecule has 0 spiro atoms. The zero-order valence-electron chi connectivity index (χ0n) is 28.2. The summed E-state index contributed by atoms with van der Waals surface area (Å²) in [6, 6.07) is 19.5. The molecule has 0 unspecified atom stereocenters. The number of likely N-dealkylation sites (N-methyl/N-ethyl adjacent to an activating group) is 1. The number of hydrogen-bond acceptors (Lipinski definition) is 8. The minimum atomic E-state index is -0.244. The number of carbonyl (C=O) groups is 2. The van der Waals surface area contributed by atoms with E-state index in [2.05, 4.69) is 21.4 Å². The molecule has 3 heterocycles. The Morgan fingerprint density at radius 3 is 2.45 bits per heavy atom. The molecule has 6 rings (SSSR count). The van der Waals surface area contributed by atoms with Gasteiger partial charge in [-0.15, -0.1) is 0 Å². The number of amides is 1. The van der Waals surface area contributed by atoms with Crippen LogP contribution in [0.25, 0.3) is 16.6 Å². The maximum atomic E-state index is 14.3. The van der Waals surface area contributed by atoms with Crippen molar-refractivity contribution in [3.05, 3.63) is 93.5 Å². The van der Waals surface area contributed by atoms with Crippen LogP contribution in [0.4, 0.5) is 0 Å². The minimum Gasteiger partial charge on any atom is -0.489 e. The highest BCUT2D eigenvalue weighted by Crippen LogP contribution is 2.27. The van der Waals surface area contributed by atoms with Crippen molar-refractivity contribution in [1.29, 1.82) is 0 Å². The highest BCUT2D eigenvalue weighted by atomic mass is 35.5. The number of ether oxygens (including phenoxy) is 2. The Kier molecular flexibility index (Phi) is 10.7. The average Bonchev–Trinajstić information content (AvgIpc) is 3.09. The van der Waals surface area contributed by atoms with Crippen LogP contribution >= 0.6 is 11.6 Å². The van der Waals surface area contributed by atoms with Crippen molar-refractivity contribution < 1.29 is 23.6 Å². The first kappa shape index (κ1) is 34.3. The first-order valence-electron chi connectivity index (χ1n) is 16.6. The van der Waals surface area contributed by atoms with Crippen LogP contribution in [-0.2, 0) is 11.3 Å². The van der Waals surface area contributed by atoms with Crippen LogP contribution in [0.1, 0.15) is 30.0 Å². The third-order valence-electron chi connectivity index (χ3n) is 8.78. The number of halogens is 1. The summed E-state index contributed by atoms with van der Waals surface area (Å²) in [5, 5.41) is 1.07. The summed E-state index contributed by atoms with van der Waals surface area (Å²) >= 11 is 5.95. The lowest BCUT2D eigenvalue weighted by Crippen LogP contribution is -2.46. The first-order valence-corrected chi connectivity index (χ1v) is 17.0. The molecule has 0 bridgehead atoms. The van der Waals surface area contributed by atoms with Crippen molar-refractivity contribution in [3.8, 4) is 17.2 Å². The number of aromatic nitrogens is 2. The smallest absolute Gasteiger partial charge is 0.266 e. The number of Topliss-reactive ketones (excluding diaryl/α,β-unsaturated/α-hetero) is 1. The Bertz CT molecular complexity index is 1920. The molecular formula is C37H42ClN6O5+. The zero-order chi connectivity index (χ0) is 34.5. The van der Waals surface area contributed by atoms with Crippen LogP contribution in [-0.4, -0.2) is 119 Å². The van der Waals surface area contributed by atoms with E-state index in [-0.39, 0.29) is 30.0 Å². The third-order valence-corrected chi connectivity index (χ3v) is 9.04. The summed E-state index contributed by atoms with van der Waals surface area (Å²) in [5.74, 6) is 1.43. The molecule has 0 atom stereocenters. The second kappa shape index (κ2) is 15.3. The van der Waals surface area contributed by atoms with E-state index in [1.54, 1.807) is 58.0 Å². The van der Waals surface area contributed by atoms with Gasteiger partial charge < -0.3 is 19.3 Å². The van der Waals surface area contributed by atoms with Crippen LogP contribution < -0.4 is 15.0 Å². The Labute approximate surface area is 290 Å². The normalized spacial score (nSPS) is 15.8. The van der Waals surface area contributed by atoms with E-state index in [1.165, 1.54) is 0 Å². The Hall–Kier alpha value is -4.58. The molecule has 1 saturated heterocycles. The van der Waals surface area contributed by atoms with Gasteiger partial charge in [-0.3, -0.25) is 23.9 Å². The molecule has 0 radical (unpaired) electrons. The fraction of sp³-hybridized carbons (Fsp3) is 0.378. The van der Waals surface area contributed by atoms with Crippen LogP contribution in [0.5, 0.6) is 11.5 Å². The summed E-state index contributed by atoms with van der Waals surface area (Å²) in [4.78, 5) is 51.9. The van der Waals surface area contributed by atoms with E-state index in [9.17, 15) is 14.4 Å². The fourth-order valence-electron chi connectivity index (χ4n) is 6.02. The molecule has 4 aromatic rings. The summed E-state index contributed by atoms with van der Waals surface area (Å²) < 4.78 is 15.5. The number of carbonyl (C=O) groups excluding carboxylic acids is 2. The molecule has 0 aliphatic carbocycles. The van der Waals surface area contributed by atoms with Crippen molar-refractivity contribution in [1.82, 2.24) is 24.3 Å². The van der Waals surface area contributed by atoms with Crippen molar-refractivity contribution in [2.45, 2.75) is 26.5 Å². The molecule has 1 fully saturated rings. The second-order valence-corrected chi connectivity index (χ2v) is 13.2. The lowest BCUT2D eigenvalue weighted by molar-refractivity contribution is -0.545. The van der Waals surface area contributed by atoms with Gasteiger partial charge in [0.25, 0.3) is 11.5 Å². The molecule has 49 heavy (non-hydrogen) atoms. The summed E-state index contributed by atoms with van der Waals surface area (Å²) in [7, 11) is 2.09. The lowest BCUT2D eigenvalue weighted by atomic mass is 10.1. The maximum Gasteiger partial charge on any atom is 0.266 e. The molecule has 1 amide bonds. The Morgan fingerprint density at radius 2 is 1.73 bits per heavy atom. The van der Waals surface area contributed by atoms with Gasteiger partial charge in [0.1, 0.15) is 11.5 Å². The molecule has 256 valence electrons. The number of hydrogen-bond donors (Lipinski definition) is 0. The molecule has 11 nitrogen and oxygen atoms in total. The van der Waals surface area contributed by atoms with E-state index >= 15 is 0 Å². The molecular weight excluding hydrogens is 644 g/mol. The summed E-state index contributed by atoms with van der Waals surface area (Å²) in [6.07, 6.45) is 1.78. The fourth-order valence-corrected chi connectivity index (χ4v) is 6.14. The highest BCUT2D eigenvalue weighted by Gasteiger charge is 2.26. The SMILES string of the molecule is CC(C)Oc1ccc(C(=O)CN2CCN(C)CC2)cc1-n1c(C[N+]2=CCN(C(=O)COc3ccc(Cl)cc3)CC2)nc2ccccc2c1=O. The molecule has 2 aliphatic rings. The molecule has 1 aromatic heterocycles. The maximum absolute atomic E-state index is 14.3. The van der Waals surface area contributed by atoms with E-state index in [0.29, 0.717) is 77.2 Å². The van der Waals surface area contributed by atoms with Gasteiger partial charge in [0.15, 0.2) is 31.0 Å². The number of benzene rings is 3. The molecule has 12 heteroatoms. The zero-order valence-corrected chi connectivity index (χ0v) is 28.9. The minimum absolute atomic E-state index is 0.0144. The van der Waals surface area contributed by atoms with E-state index in [4.69, 9.17) is 26.1 Å². The first-order chi connectivity index (χ1) is 23.6. The topological polar surface area (TPSA) is 100 Å². The third kappa shape index (κ3) is 8.36. The van der Waals surface area contributed by atoms with Gasteiger partial charge in [0.05, 0.1) is 42.3 Å². The monoisotopic (exact) mass is 685 g/mol. The van der Waals surface area contributed by atoms with Crippen LogP contribution in [0.15, 0.2) is 71.5 Å². The lowest BCUT2D eigenvalue weighted by Gasteiger charge is -2.31. The van der Waals surface area contributed by atoms with Crippen molar-refractivity contribution in [2.75, 3.05) is 66.0 Å². The predicted octanol–water partition coefficient (Wildman–Crippen LogP) is 3.76. The quantitative estimate of drug-likeness (QED) is 0.174. The van der Waals surface area contributed by atoms with Crippen molar-refractivity contribution in [3.63, 3.8) is 0 Å². The van der Waals surface area contributed by atoms with Crippen molar-refractivity contribution >= 4 is 40.4 Å². The summed E-state index contributed by atoms with van der Waals surface area (Å²) in [6.45, 7) is 9.27. The molecule has 0 saturated carbocycles. The number of piperazine rings is 1. The number of fused-ring (bicyclic) bond motifs is 1. The number of ketones is 1. The van der Waals surface area contributed by atoms with Crippen LogP contribution in [0.3, 0.4) is 0 Å².